The molecule has 2 N–H and O–H groups in total. The van der Waals surface area contributed by atoms with Crippen molar-refractivity contribution in [1.82, 2.24) is 4.98 Å². The second-order valence-corrected chi connectivity index (χ2v) is 7.78. The maximum Gasteiger partial charge on any atom is 0.234 e. The van der Waals surface area contributed by atoms with Crippen LogP contribution < -0.4 is 20.2 Å². The number of amides is 1. The zero-order valence-electron chi connectivity index (χ0n) is 16.3. The Kier molecular flexibility index (Phi) is 6.71. The van der Waals surface area contributed by atoms with Gasteiger partial charge in [0.25, 0.3) is 0 Å². The zero-order chi connectivity index (χ0) is 21.0. The van der Waals surface area contributed by atoms with Gasteiger partial charge >= 0.3 is 0 Å². The third kappa shape index (κ3) is 4.86. The number of aryl methyl sites for hydroxylation is 1. The van der Waals surface area contributed by atoms with Crippen LogP contribution >= 0.6 is 23.4 Å². The number of nitrogens with one attached hydrogen (secondary N) is 2. The standard InChI is InChI=1S/C21H21ClN2O4S/c1-12-5-4-6-14-17(25)7-13(23-21(12)14)10-29-11-20(26)24-16-8-15(22)18(27-2)9-19(16)28-3/h4-9H,10-11H2,1-3H3,(H,23,25)(H,24,26). The normalized spacial score (nSPS) is 10.8. The van der Waals surface area contributed by atoms with Crippen LogP contribution in [0.3, 0.4) is 0 Å². The second kappa shape index (κ2) is 9.24. The van der Waals surface area contributed by atoms with E-state index in [1.54, 1.807) is 24.3 Å². The molecule has 1 aromatic heterocycles. The summed E-state index contributed by atoms with van der Waals surface area (Å²) in [6, 6.07) is 10.4. The van der Waals surface area contributed by atoms with E-state index in [0.29, 0.717) is 33.3 Å². The number of fused-ring (bicyclic) bond motifs is 1. The van der Waals surface area contributed by atoms with Crippen LogP contribution in [-0.2, 0) is 10.5 Å². The van der Waals surface area contributed by atoms with Crippen molar-refractivity contribution in [3.05, 3.63) is 62.9 Å². The lowest BCUT2D eigenvalue weighted by Gasteiger charge is -2.13. The number of aromatic amines is 1. The van der Waals surface area contributed by atoms with Gasteiger partial charge in [0.05, 0.1) is 36.2 Å². The first-order valence-electron chi connectivity index (χ1n) is 8.83. The molecule has 0 aliphatic rings. The first-order chi connectivity index (χ1) is 13.9. The molecule has 8 heteroatoms. The van der Waals surface area contributed by atoms with Crippen LogP contribution in [-0.4, -0.2) is 30.9 Å². The van der Waals surface area contributed by atoms with E-state index >= 15 is 0 Å². The molecule has 6 nitrogen and oxygen atoms in total. The molecule has 0 bridgehead atoms. The van der Waals surface area contributed by atoms with E-state index in [2.05, 4.69) is 10.3 Å². The highest BCUT2D eigenvalue weighted by Crippen LogP contribution is 2.35. The number of hydrogen-bond acceptors (Lipinski definition) is 5. The summed E-state index contributed by atoms with van der Waals surface area (Å²) in [6.07, 6.45) is 0. The first kappa shape index (κ1) is 21.1. The molecular formula is C21H21ClN2O4S. The summed E-state index contributed by atoms with van der Waals surface area (Å²) < 4.78 is 10.4. The molecule has 0 fully saturated rings. The average Bonchev–Trinajstić information content (AvgIpc) is 2.69. The Morgan fingerprint density at radius 3 is 2.66 bits per heavy atom. The number of halogens is 1. The lowest BCUT2D eigenvalue weighted by Crippen LogP contribution is -2.15. The molecule has 0 aliphatic carbocycles. The average molecular weight is 433 g/mol. The molecule has 0 spiro atoms. The van der Waals surface area contributed by atoms with E-state index in [0.717, 1.165) is 16.8 Å². The van der Waals surface area contributed by atoms with Crippen LogP contribution in [0, 0.1) is 6.92 Å². The molecule has 0 radical (unpaired) electrons. The maximum absolute atomic E-state index is 12.3. The molecule has 152 valence electrons. The lowest BCUT2D eigenvalue weighted by atomic mass is 10.1. The SMILES string of the molecule is COc1cc(OC)c(NC(=O)CSCc2cc(=O)c3cccc(C)c3[nH]2)cc1Cl. The van der Waals surface area contributed by atoms with Crippen LogP contribution in [0.2, 0.25) is 5.02 Å². The van der Waals surface area contributed by atoms with Crippen molar-refractivity contribution in [2.24, 2.45) is 0 Å². The third-order valence-electron chi connectivity index (χ3n) is 4.37. The van der Waals surface area contributed by atoms with E-state index in [9.17, 15) is 9.59 Å². The van der Waals surface area contributed by atoms with E-state index in [1.165, 1.54) is 26.0 Å². The van der Waals surface area contributed by atoms with Crippen molar-refractivity contribution in [3.63, 3.8) is 0 Å². The summed E-state index contributed by atoms with van der Waals surface area (Å²) >= 11 is 7.53. The number of hydrogen-bond donors (Lipinski definition) is 2. The van der Waals surface area contributed by atoms with Crippen LogP contribution in [0.15, 0.2) is 41.2 Å². The summed E-state index contributed by atoms with van der Waals surface area (Å²) in [5.74, 6) is 1.44. The van der Waals surface area contributed by atoms with E-state index in [-0.39, 0.29) is 17.1 Å². The van der Waals surface area contributed by atoms with Crippen LogP contribution in [0.4, 0.5) is 5.69 Å². The number of para-hydroxylation sites is 1. The Balaban J connectivity index is 1.65. The monoisotopic (exact) mass is 432 g/mol. The van der Waals surface area contributed by atoms with E-state index < -0.39 is 0 Å². The van der Waals surface area contributed by atoms with Crippen LogP contribution in [0.5, 0.6) is 11.5 Å². The fourth-order valence-corrected chi connectivity index (χ4v) is 3.92. The largest absolute Gasteiger partial charge is 0.495 e. The predicted octanol–water partition coefficient (Wildman–Crippen LogP) is 4.38. The highest BCUT2D eigenvalue weighted by atomic mass is 35.5. The Hall–Kier alpha value is -2.64. The number of benzene rings is 2. The smallest absolute Gasteiger partial charge is 0.234 e. The quantitative estimate of drug-likeness (QED) is 0.579. The molecule has 1 heterocycles. The number of carbonyl (C=O) groups is 1. The number of pyridine rings is 1. The number of aromatic nitrogens is 1. The second-order valence-electron chi connectivity index (χ2n) is 6.38. The predicted molar refractivity (Wildman–Crippen MR) is 119 cm³/mol. The van der Waals surface area contributed by atoms with Crippen molar-refractivity contribution in [2.75, 3.05) is 25.3 Å². The van der Waals surface area contributed by atoms with E-state index in [1.807, 2.05) is 19.1 Å². The van der Waals surface area contributed by atoms with Crippen molar-refractivity contribution < 1.29 is 14.3 Å². The Labute approximate surface area is 177 Å². The number of ether oxygens (including phenoxy) is 2. The van der Waals surface area contributed by atoms with Gasteiger partial charge in [-0.25, -0.2) is 0 Å². The molecule has 0 aliphatic heterocycles. The maximum atomic E-state index is 12.3. The number of thioether (sulfide) groups is 1. The van der Waals surface area contributed by atoms with Gasteiger partial charge in [-0.3, -0.25) is 9.59 Å². The minimum Gasteiger partial charge on any atom is -0.495 e. The fraction of sp³-hybridized carbons (Fsp3) is 0.238. The number of anilines is 1. The summed E-state index contributed by atoms with van der Waals surface area (Å²) in [4.78, 5) is 27.9. The fourth-order valence-electron chi connectivity index (χ4n) is 2.95. The highest BCUT2D eigenvalue weighted by molar-refractivity contribution is 7.99. The van der Waals surface area contributed by atoms with Gasteiger partial charge in [0.15, 0.2) is 5.43 Å². The van der Waals surface area contributed by atoms with Gasteiger partial charge in [-0.15, -0.1) is 11.8 Å². The number of carbonyl (C=O) groups excluding carboxylic acids is 1. The van der Waals surface area contributed by atoms with E-state index in [4.69, 9.17) is 21.1 Å². The van der Waals surface area contributed by atoms with Gasteiger partial charge in [-0.1, -0.05) is 23.7 Å². The van der Waals surface area contributed by atoms with Crippen molar-refractivity contribution in [2.45, 2.75) is 12.7 Å². The van der Waals surface area contributed by atoms with Gasteiger partial charge < -0.3 is 19.8 Å². The third-order valence-corrected chi connectivity index (χ3v) is 5.64. The van der Waals surface area contributed by atoms with Crippen molar-refractivity contribution in [3.8, 4) is 11.5 Å². The van der Waals surface area contributed by atoms with Gasteiger partial charge in [-0.05, 0) is 24.6 Å². The lowest BCUT2D eigenvalue weighted by molar-refractivity contribution is -0.113. The van der Waals surface area contributed by atoms with Crippen LogP contribution in [0.25, 0.3) is 10.9 Å². The molecule has 3 aromatic rings. The minimum absolute atomic E-state index is 0.0277. The summed E-state index contributed by atoms with van der Waals surface area (Å²) in [5, 5.41) is 3.84. The summed E-state index contributed by atoms with van der Waals surface area (Å²) in [5.41, 5.74) is 3.06. The van der Waals surface area contributed by atoms with Gasteiger partial charge in [0.2, 0.25) is 5.91 Å². The number of methoxy groups -OCH3 is 2. The zero-order valence-corrected chi connectivity index (χ0v) is 17.9. The minimum atomic E-state index is -0.200. The topological polar surface area (TPSA) is 80.4 Å². The van der Waals surface area contributed by atoms with Crippen molar-refractivity contribution >= 4 is 45.9 Å². The molecular weight excluding hydrogens is 412 g/mol. The van der Waals surface area contributed by atoms with Gasteiger partial charge in [-0.2, -0.15) is 0 Å². The molecule has 3 rings (SSSR count). The summed E-state index contributed by atoms with van der Waals surface area (Å²) in [7, 11) is 3.01. The molecule has 2 aromatic carbocycles. The first-order valence-corrected chi connectivity index (χ1v) is 10.4. The number of H-pyrrole nitrogens is 1. The Morgan fingerprint density at radius 2 is 1.93 bits per heavy atom. The molecule has 0 unspecified atom stereocenters. The summed E-state index contributed by atoms with van der Waals surface area (Å²) in [6.45, 7) is 1.95. The van der Waals surface area contributed by atoms with Gasteiger partial charge in [0.1, 0.15) is 11.5 Å². The Morgan fingerprint density at radius 1 is 1.17 bits per heavy atom. The van der Waals surface area contributed by atoms with Crippen molar-refractivity contribution in [1.29, 1.82) is 0 Å². The highest BCUT2D eigenvalue weighted by Gasteiger charge is 2.13. The molecule has 29 heavy (non-hydrogen) atoms. The molecule has 0 saturated carbocycles. The molecule has 1 amide bonds. The Bertz CT molecular complexity index is 1110. The number of rotatable bonds is 7. The molecule has 0 saturated heterocycles. The van der Waals surface area contributed by atoms with Gasteiger partial charge in [0, 0.05) is 29.0 Å². The molecule has 0 atom stereocenters. The van der Waals surface area contributed by atoms with Crippen LogP contribution in [0.1, 0.15) is 11.3 Å².